The average molecular weight is 337 g/mol. The second-order valence-electron chi connectivity index (χ2n) is 6.79. The van der Waals surface area contributed by atoms with Gasteiger partial charge in [-0.1, -0.05) is 6.07 Å². The van der Waals surface area contributed by atoms with Gasteiger partial charge in [-0.05, 0) is 37.8 Å². The number of amides is 1. The van der Waals surface area contributed by atoms with Crippen LogP contribution >= 0.6 is 0 Å². The van der Waals surface area contributed by atoms with Crippen LogP contribution in [0.4, 0.5) is 5.82 Å². The molecule has 25 heavy (non-hydrogen) atoms. The summed E-state index contributed by atoms with van der Waals surface area (Å²) in [5.41, 5.74) is 1.01. The molecule has 4 heterocycles. The van der Waals surface area contributed by atoms with E-state index in [0.29, 0.717) is 0 Å². The number of aromatic nitrogens is 3. The molecule has 0 saturated carbocycles. The summed E-state index contributed by atoms with van der Waals surface area (Å²) in [6.45, 7) is 2.50. The maximum atomic E-state index is 13.2. The van der Waals surface area contributed by atoms with Gasteiger partial charge in [-0.3, -0.25) is 14.8 Å². The molecule has 2 fully saturated rings. The molecule has 0 bridgehead atoms. The number of carbonyl (C=O) groups is 1. The van der Waals surface area contributed by atoms with E-state index in [-0.39, 0.29) is 17.9 Å². The summed E-state index contributed by atoms with van der Waals surface area (Å²) in [5.74, 6) is 1.16. The van der Waals surface area contributed by atoms with Gasteiger partial charge in [0.2, 0.25) is 5.91 Å². The SMILES string of the molecule is O=C(C1CCCN(c2cnccn2)C1)N1CCCC1c1ccccn1. The van der Waals surface area contributed by atoms with Crippen molar-refractivity contribution in [3.63, 3.8) is 0 Å². The predicted octanol–water partition coefficient (Wildman–Crippen LogP) is 2.45. The Labute approximate surface area is 147 Å². The standard InChI is InChI=1S/C19H23N5O/c25-19(24-12-4-7-17(24)16-6-1-2-8-21-16)15-5-3-11-23(14-15)18-13-20-9-10-22-18/h1-2,6,8-10,13,15,17H,3-5,7,11-12,14H2. The number of likely N-dealkylation sites (tertiary alicyclic amines) is 1. The Morgan fingerprint density at radius 3 is 2.76 bits per heavy atom. The Kier molecular flexibility index (Phi) is 4.59. The highest BCUT2D eigenvalue weighted by Gasteiger charge is 2.36. The first-order chi connectivity index (χ1) is 12.3. The van der Waals surface area contributed by atoms with Crippen LogP contribution in [-0.2, 0) is 4.79 Å². The van der Waals surface area contributed by atoms with Gasteiger partial charge < -0.3 is 9.80 Å². The fourth-order valence-electron chi connectivity index (χ4n) is 3.99. The lowest BCUT2D eigenvalue weighted by atomic mass is 9.96. The molecule has 0 aromatic carbocycles. The molecule has 0 aliphatic carbocycles. The molecule has 2 unspecified atom stereocenters. The lowest BCUT2D eigenvalue weighted by Crippen LogP contribution is -2.45. The van der Waals surface area contributed by atoms with Crippen LogP contribution in [-0.4, -0.2) is 45.4 Å². The largest absolute Gasteiger partial charge is 0.355 e. The molecule has 2 aromatic heterocycles. The average Bonchev–Trinajstić information content (AvgIpc) is 3.19. The third-order valence-corrected chi connectivity index (χ3v) is 5.21. The van der Waals surface area contributed by atoms with Crippen LogP contribution in [0.25, 0.3) is 0 Å². The second-order valence-corrected chi connectivity index (χ2v) is 6.79. The highest BCUT2D eigenvalue weighted by atomic mass is 16.2. The van der Waals surface area contributed by atoms with E-state index in [4.69, 9.17) is 0 Å². The zero-order valence-electron chi connectivity index (χ0n) is 14.3. The first-order valence-electron chi connectivity index (χ1n) is 9.05. The molecule has 2 aromatic rings. The summed E-state index contributed by atoms with van der Waals surface area (Å²) in [6.07, 6.45) is 11.0. The first kappa shape index (κ1) is 16.0. The van der Waals surface area contributed by atoms with Crippen LogP contribution in [0.3, 0.4) is 0 Å². The third kappa shape index (κ3) is 3.34. The van der Waals surface area contributed by atoms with Gasteiger partial charge in [0.05, 0.1) is 23.9 Å². The molecule has 1 amide bonds. The molecular formula is C19H23N5O. The lowest BCUT2D eigenvalue weighted by Gasteiger charge is -2.36. The minimum atomic E-state index is 0.0278. The van der Waals surface area contributed by atoms with Crippen LogP contribution in [0, 0.1) is 5.92 Å². The molecule has 2 aliphatic rings. The number of pyridine rings is 1. The summed E-state index contributed by atoms with van der Waals surface area (Å²) < 4.78 is 0. The van der Waals surface area contributed by atoms with Crippen molar-refractivity contribution in [1.29, 1.82) is 0 Å². The van der Waals surface area contributed by atoms with E-state index >= 15 is 0 Å². The Bertz CT molecular complexity index is 708. The van der Waals surface area contributed by atoms with Crippen molar-refractivity contribution >= 4 is 11.7 Å². The van der Waals surface area contributed by atoms with E-state index in [1.807, 2.05) is 29.3 Å². The summed E-state index contributed by atoms with van der Waals surface area (Å²) in [7, 11) is 0. The Hall–Kier alpha value is -2.50. The van der Waals surface area contributed by atoms with Gasteiger partial charge in [-0.25, -0.2) is 4.98 Å². The molecule has 130 valence electrons. The number of rotatable bonds is 3. The lowest BCUT2D eigenvalue weighted by molar-refractivity contribution is -0.136. The highest BCUT2D eigenvalue weighted by Crippen LogP contribution is 2.33. The van der Waals surface area contributed by atoms with Crippen molar-refractivity contribution in [2.45, 2.75) is 31.7 Å². The van der Waals surface area contributed by atoms with Gasteiger partial charge in [-0.2, -0.15) is 0 Å². The summed E-state index contributed by atoms with van der Waals surface area (Å²) in [4.78, 5) is 30.4. The number of carbonyl (C=O) groups excluding carboxylic acids is 1. The number of hydrogen-bond donors (Lipinski definition) is 0. The smallest absolute Gasteiger partial charge is 0.228 e. The van der Waals surface area contributed by atoms with Crippen molar-refractivity contribution in [2.24, 2.45) is 5.92 Å². The molecule has 2 atom stereocenters. The van der Waals surface area contributed by atoms with E-state index in [2.05, 4.69) is 19.9 Å². The van der Waals surface area contributed by atoms with Gasteiger partial charge in [0, 0.05) is 38.2 Å². The van der Waals surface area contributed by atoms with Crippen molar-refractivity contribution in [3.8, 4) is 0 Å². The van der Waals surface area contributed by atoms with Crippen molar-refractivity contribution < 1.29 is 4.79 Å². The molecule has 0 spiro atoms. The summed E-state index contributed by atoms with van der Waals surface area (Å²) in [6, 6.07) is 6.08. The van der Waals surface area contributed by atoms with Gasteiger partial charge in [0.25, 0.3) is 0 Å². The highest BCUT2D eigenvalue weighted by molar-refractivity contribution is 5.80. The van der Waals surface area contributed by atoms with Gasteiger partial charge in [0.1, 0.15) is 5.82 Å². The maximum Gasteiger partial charge on any atom is 0.228 e. The zero-order valence-corrected chi connectivity index (χ0v) is 14.3. The van der Waals surface area contributed by atoms with E-state index in [0.717, 1.165) is 56.8 Å². The number of nitrogens with zero attached hydrogens (tertiary/aromatic N) is 5. The molecule has 6 heteroatoms. The van der Waals surface area contributed by atoms with Crippen molar-refractivity contribution in [2.75, 3.05) is 24.5 Å². The van der Waals surface area contributed by atoms with E-state index in [1.165, 1.54) is 0 Å². The van der Waals surface area contributed by atoms with Crippen LogP contribution in [0.5, 0.6) is 0 Å². The molecule has 6 nitrogen and oxygen atoms in total. The summed E-state index contributed by atoms with van der Waals surface area (Å²) >= 11 is 0. The second kappa shape index (κ2) is 7.17. The fourth-order valence-corrected chi connectivity index (χ4v) is 3.99. The molecule has 2 saturated heterocycles. The van der Waals surface area contributed by atoms with Gasteiger partial charge in [0.15, 0.2) is 0 Å². The molecular weight excluding hydrogens is 314 g/mol. The van der Waals surface area contributed by atoms with E-state index in [1.54, 1.807) is 18.6 Å². The van der Waals surface area contributed by atoms with Crippen LogP contribution in [0.15, 0.2) is 43.0 Å². The van der Waals surface area contributed by atoms with Crippen LogP contribution in [0.1, 0.15) is 37.4 Å². The Balaban J connectivity index is 1.48. The van der Waals surface area contributed by atoms with Gasteiger partial charge in [-0.15, -0.1) is 0 Å². The van der Waals surface area contributed by atoms with Crippen LogP contribution in [0.2, 0.25) is 0 Å². The number of hydrogen-bond acceptors (Lipinski definition) is 5. The zero-order chi connectivity index (χ0) is 17.1. The minimum absolute atomic E-state index is 0.0278. The topological polar surface area (TPSA) is 62.2 Å². The molecule has 2 aliphatic heterocycles. The normalized spacial score (nSPS) is 23.7. The first-order valence-corrected chi connectivity index (χ1v) is 9.05. The van der Waals surface area contributed by atoms with E-state index in [9.17, 15) is 4.79 Å². The monoisotopic (exact) mass is 337 g/mol. The number of anilines is 1. The van der Waals surface area contributed by atoms with E-state index < -0.39 is 0 Å². The maximum absolute atomic E-state index is 13.2. The van der Waals surface area contributed by atoms with Crippen molar-refractivity contribution in [1.82, 2.24) is 19.9 Å². The fraction of sp³-hybridized carbons (Fsp3) is 0.474. The molecule has 4 rings (SSSR count). The third-order valence-electron chi connectivity index (χ3n) is 5.21. The molecule has 0 N–H and O–H groups in total. The number of piperidine rings is 1. The quantitative estimate of drug-likeness (QED) is 0.861. The van der Waals surface area contributed by atoms with Gasteiger partial charge >= 0.3 is 0 Å². The Morgan fingerprint density at radius 2 is 1.96 bits per heavy atom. The Morgan fingerprint density at radius 1 is 1.04 bits per heavy atom. The molecule has 0 radical (unpaired) electrons. The van der Waals surface area contributed by atoms with Crippen molar-refractivity contribution in [3.05, 3.63) is 48.7 Å². The predicted molar refractivity (Wildman–Crippen MR) is 94.9 cm³/mol. The van der Waals surface area contributed by atoms with Crippen LogP contribution < -0.4 is 4.90 Å². The summed E-state index contributed by atoms with van der Waals surface area (Å²) in [5, 5.41) is 0. The minimum Gasteiger partial charge on any atom is -0.355 e.